The third kappa shape index (κ3) is 3.00. The van der Waals surface area contributed by atoms with Crippen LogP contribution in [0.2, 0.25) is 0 Å². The molecule has 1 heterocycles. The minimum atomic E-state index is -0.717. The number of non-ortho nitro benzene ring substituents is 1. The normalized spacial score (nSPS) is 17.9. The summed E-state index contributed by atoms with van der Waals surface area (Å²) < 4.78 is 4.55. The van der Waals surface area contributed by atoms with Gasteiger partial charge in [-0.15, -0.1) is 0 Å². The largest absolute Gasteiger partial charge is 0.465 e. The van der Waals surface area contributed by atoms with Gasteiger partial charge in [0, 0.05) is 37.6 Å². The summed E-state index contributed by atoms with van der Waals surface area (Å²) in [4.78, 5) is 35.1. The number of aliphatic hydroxyl groups is 1. The van der Waals surface area contributed by atoms with Crippen molar-refractivity contribution in [3.05, 3.63) is 33.9 Å². The monoisotopic (exact) mass is 294 g/mol. The smallest absolute Gasteiger partial charge is 0.338 e. The molecule has 0 aliphatic carbocycles. The summed E-state index contributed by atoms with van der Waals surface area (Å²) in [7, 11) is 1.17. The molecule has 8 nitrogen and oxygen atoms in total. The molecule has 1 aliphatic rings. The summed E-state index contributed by atoms with van der Waals surface area (Å²) in [5.74, 6) is -1.17. The lowest BCUT2D eigenvalue weighted by atomic mass is 10.1. The molecule has 112 valence electrons. The van der Waals surface area contributed by atoms with Crippen molar-refractivity contribution in [3.8, 4) is 0 Å². The van der Waals surface area contributed by atoms with Gasteiger partial charge in [0.1, 0.15) is 0 Å². The number of aliphatic hydroxyl groups excluding tert-OH is 1. The molecule has 1 aromatic carbocycles. The van der Waals surface area contributed by atoms with Crippen LogP contribution >= 0.6 is 0 Å². The molecule has 1 aromatic rings. The van der Waals surface area contributed by atoms with Crippen LogP contribution in [-0.2, 0) is 9.53 Å². The first-order chi connectivity index (χ1) is 9.96. The fourth-order valence-corrected chi connectivity index (χ4v) is 2.25. The molecule has 1 unspecified atom stereocenters. The first-order valence-electron chi connectivity index (χ1n) is 6.25. The highest BCUT2D eigenvalue weighted by Gasteiger charge is 2.31. The van der Waals surface area contributed by atoms with Crippen LogP contribution in [-0.4, -0.2) is 42.2 Å². The molecule has 1 saturated heterocycles. The molecule has 1 N–H and O–H groups in total. The molecule has 1 atom stereocenters. The molecule has 1 amide bonds. The van der Waals surface area contributed by atoms with Gasteiger partial charge in [0.2, 0.25) is 5.91 Å². The number of nitro groups is 1. The van der Waals surface area contributed by atoms with Crippen LogP contribution in [0.5, 0.6) is 0 Å². The van der Waals surface area contributed by atoms with E-state index in [2.05, 4.69) is 4.74 Å². The van der Waals surface area contributed by atoms with E-state index in [0.29, 0.717) is 0 Å². The van der Waals surface area contributed by atoms with Crippen LogP contribution in [0.1, 0.15) is 16.8 Å². The van der Waals surface area contributed by atoms with Gasteiger partial charge in [-0.05, 0) is 6.07 Å². The van der Waals surface area contributed by atoms with Crippen molar-refractivity contribution in [2.75, 3.05) is 25.2 Å². The average Bonchev–Trinajstić information content (AvgIpc) is 2.87. The number of amides is 1. The molecule has 0 saturated carbocycles. The molecular weight excluding hydrogens is 280 g/mol. The highest BCUT2D eigenvalue weighted by atomic mass is 16.6. The standard InChI is InChI=1S/C13H14N2O6/c1-21-13(18)9-3-10(5-11(4-9)15(19)20)14-6-8(7-16)2-12(14)17/h3-5,8,16H,2,6-7H2,1H3. The Bertz CT molecular complexity index is 600. The van der Waals surface area contributed by atoms with E-state index < -0.39 is 10.9 Å². The quantitative estimate of drug-likeness (QED) is 0.498. The van der Waals surface area contributed by atoms with Gasteiger partial charge in [-0.3, -0.25) is 14.9 Å². The Morgan fingerprint density at radius 3 is 2.76 bits per heavy atom. The van der Waals surface area contributed by atoms with Crippen LogP contribution in [0.4, 0.5) is 11.4 Å². The number of rotatable bonds is 4. The Hall–Kier alpha value is -2.48. The minimum absolute atomic E-state index is 0.00180. The van der Waals surface area contributed by atoms with Gasteiger partial charge in [-0.1, -0.05) is 0 Å². The topological polar surface area (TPSA) is 110 Å². The number of nitrogens with zero attached hydrogens (tertiary/aromatic N) is 2. The Morgan fingerprint density at radius 1 is 1.52 bits per heavy atom. The molecular formula is C13H14N2O6. The second-order valence-corrected chi connectivity index (χ2v) is 4.74. The summed E-state index contributed by atoms with van der Waals surface area (Å²) in [5.41, 5.74) is -0.0411. The third-order valence-electron chi connectivity index (χ3n) is 3.31. The second kappa shape index (κ2) is 5.88. The van der Waals surface area contributed by atoms with Gasteiger partial charge in [0.05, 0.1) is 23.3 Å². The number of hydrogen-bond donors (Lipinski definition) is 1. The van der Waals surface area contributed by atoms with Gasteiger partial charge in [-0.25, -0.2) is 4.79 Å². The highest BCUT2D eigenvalue weighted by molar-refractivity contribution is 5.98. The summed E-state index contributed by atoms with van der Waals surface area (Å²) in [5, 5.41) is 20.1. The van der Waals surface area contributed by atoms with Gasteiger partial charge >= 0.3 is 5.97 Å². The fourth-order valence-electron chi connectivity index (χ4n) is 2.25. The third-order valence-corrected chi connectivity index (χ3v) is 3.31. The lowest BCUT2D eigenvalue weighted by Crippen LogP contribution is -2.25. The average molecular weight is 294 g/mol. The highest BCUT2D eigenvalue weighted by Crippen LogP contribution is 2.29. The molecule has 1 aliphatic heterocycles. The molecule has 0 spiro atoms. The Balaban J connectivity index is 2.43. The minimum Gasteiger partial charge on any atom is -0.465 e. The number of ether oxygens (including phenoxy) is 1. The van der Waals surface area contributed by atoms with E-state index in [1.165, 1.54) is 24.1 Å². The predicted molar refractivity (Wildman–Crippen MR) is 72.0 cm³/mol. The molecule has 2 rings (SSSR count). The fraction of sp³-hybridized carbons (Fsp3) is 0.385. The van der Waals surface area contributed by atoms with Gasteiger partial charge in [-0.2, -0.15) is 0 Å². The van der Waals surface area contributed by atoms with E-state index in [-0.39, 0.29) is 48.3 Å². The number of hydrogen-bond acceptors (Lipinski definition) is 6. The maximum atomic E-state index is 11.9. The second-order valence-electron chi connectivity index (χ2n) is 4.74. The number of carbonyl (C=O) groups is 2. The zero-order chi connectivity index (χ0) is 15.6. The van der Waals surface area contributed by atoms with Crippen LogP contribution < -0.4 is 4.90 Å². The number of esters is 1. The molecule has 1 fully saturated rings. The van der Waals surface area contributed by atoms with Gasteiger partial charge in [0.25, 0.3) is 5.69 Å². The Labute approximate surface area is 120 Å². The van der Waals surface area contributed by atoms with Crippen molar-refractivity contribution < 1.29 is 24.4 Å². The summed E-state index contributed by atoms with van der Waals surface area (Å²) in [6.45, 7) is 0.123. The van der Waals surface area contributed by atoms with E-state index in [4.69, 9.17) is 5.11 Å². The lowest BCUT2D eigenvalue weighted by Gasteiger charge is -2.17. The van der Waals surface area contributed by atoms with Crippen molar-refractivity contribution in [2.24, 2.45) is 5.92 Å². The molecule has 0 bridgehead atoms. The lowest BCUT2D eigenvalue weighted by molar-refractivity contribution is -0.384. The maximum absolute atomic E-state index is 11.9. The van der Waals surface area contributed by atoms with Crippen molar-refractivity contribution in [1.29, 1.82) is 0 Å². The van der Waals surface area contributed by atoms with Crippen molar-refractivity contribution in [3.63, 3.8) is 0 Å². The Kier molecular flexibility index (Phi) is 4.18. The van der Waals surface area contributed by atoms with Crippen LogP contribution in [0, 0.1) is 16.0 Å². The summed E-state index contributed by atoms with van der Waals surface area (Å²) in [6.07, 6.45) is 0.173. The number of carbonyl (C=O) groups excluding carboxylic acids is 2. The SMILES string of the molecule is COC(=O)c1cc(N2CC(CO)CC2=O)cc([N+](=O)[O-])c1. The predicted octanol–water partition coefficient (Wildman–Crippen LogP) is 0.727. The summed E-state index contributed by atoms with van der Waals surface area (Å²) in [6, 6.07) is 3.69. The maximum Gasteiger partial charge on any atom is 0.338 e. The number of benzene rings is 1. The Morgan fingerprint density at radius 2 is 2.24 bits per heavy atom. The molecule has 21 heavy (non-hydrogen) atoms. The van der Waals surface area contributed by atoms with E-state index in [9.17, 15) is 19.7 Å². The number of anilines is 1. The van der Waals surface area contributed by atoms with Crippen molar-refractivity contribution >= 4 is 23.3 Å². The van der Waals surface area contributed by atoms with E-state index in [1.807, 2.05) is 0 Å². The zero-order valence-corrected chi connectivity index (χ0v) is 11.3. The first kappa shape index (κ1) is 14.9. The van der Waals surface area contributed by atoms with E-state index in [1.54, 1.807) is 0 Å². The van der Waals surface area contributed by atoms with Crippen molar-refractivity contribution in [2.45, 2.75) is 6.42 Å². The van der Waals surface area contributed by atoms with Gasteiger partial charge in [0.15, 0.2) is 0 Å². The van der Waals surface area contributed by atoms with Crippen molar-refractivity contribution in [1.82, 2.24) is 0 Å². The van der Waals surface area contributed by atoms with E-state index >= 15 is 0 Å². The van der Waals surface area contributed by atoms with Crippen LogP contribution in [0.3, 0.4) is 0 Å². The molecule has 0 radical (unpaired) electrons. The first-order valence-corrected chi connectivity index (χ1v) is 6.25. The zero-order valence-electron chi connectivity index (χ0n) is 11.3. The van der Waals surface area contributed by atoms with Crippen LogP contribution in [0.15, 0.2) is 18.2 Å². The number of nitro benzene ring substituents is 1. The number of methoxy groups -OCH3 is 1. The van der Waals surface area contributed by atoms with Gasteiger partial charge < -0.3 is 14.7 Å². The summed E-state index contributed by atoms with van der Waals surface area (Å²) >= 11 is 0. The van der Waals surface area contributed by atoms with Crippen LogP contribution in [0.25, 0.3) is 0 Å². The molecule has 8 heteroatoms. The molecule has 0 aromatic heterocycles. The van der Waals surface area contributed by atoms with E-state index in [0.717, 1.165) is 6.07 Å².